The van der Waals surface area contributed by atoms with Crippen LogP contribution in [0.3, 0.4) is 0 Å². The molecule has 0 aromatic carbocycles. The summed E-state index contributed by atoms with van der Waals surface area (Å²) in [7, 11) is 1.94. The summed E-state index contributed by atoms with van der Waals surface area (Å²) in [4.78, 5) is 17.3. The molecular formula is C17H29N5O. The molecule has 2 atom stereocenters. The van der Waals surface area contributed by atoms with Gasteiger partial charge in [0.25, 0.3) is 0 Å². The molecule has 1 aliphatic heterocycles. The largest absolute Gasteiger partial charge is 0.340 e. The van der Waals surface area contributed by atoms with E-state index >= 15 is 0 Å². The molecule has 1 saturated heterocycles. The molecule has 23 heavy (non-hydrogen) atoms. The molecule has 0 radical (unpaired) electrons. The van der Waals surface area contributed by atoms with Gasteiger partial charge >= 0.3 is 0 Å². The van der Waals surface area contributed by atoms with Crippen LogP contribution in [0.15, 0.2) is 12.4 Å². The monoisotopic (exact) mass is 319 g/mol. The lowest BCUT2D eigenvalue weighted by atomic mass is 9.74. The van der Waals surface area contributed by atoms with Crippen LogP contribution in [0.2, 0.25) is 0 Å². The first-order valence-electron chi connectivity index (χ1n) is 8.73. The molecule has 6 heteroatoms. The zero-order valence-electron chi connectivity index (χ0n) is 14.4. The Morgan fingerprint density at radius 3 is 2.70 bits per heavy atom. The van der Waals surface area contributed by atoms with Crippen molar-refractivity contribution in [1.82, 2.24) is 19.6 Å². The van der Waals surface area contributed by atoms with Gasteiger partial charge < -0.3 is 10.6 Å². The third kappa shape index (κ3) is 3.75. The molecule has 2 heterocycles. The van der Waals surface area contributed by atoms with Crippen molar-refractivity contribution in [2.24, 2.45) is 18.7 Å². The molecule has 2 N–H and O–H groups in total. The van der Waals surface area contributed by atoms with Crippen LogP contribution < -0.4 is 5.73 Å². The second-order valence-electron chi connectivity index (χ2n) is 7.43. The zero-order valence-corrected chi connectivity index (χ0v) is 14.4. The highest BCUT2D eigenvalue weighted by molar-refractivity contribution is 5.80. The number of aryl methyl sites for hydroxylation is 1. The number of rotatable bonds is 3. The molecule has 0 bridgehead atoms. The van der Waals surface area contributed by atoms with Gasteiger partial charge in [-0.3, -0.25) is 14.4 Å². The Morgan fingerprint density at radius 2 is 2.09 bits per heavy atom. The van der Waals surface area contributed by atoms with Crippen molar-refractivity contribution < 1.29 is 4.79 Å². The molecule has 6 nitrogen and oxygen atoms in total. The van der Waals surface area contributed by atoms with Crippen LogP contribution >= 0.6 is 0 Å². The van der Waals surface area contributed by atoms with E-state index in [-0.39, 0.29) is 17.4 Å². The standard InChI is InChI=1S/C17H29N5O/c1-17(18)6-4-3-5-15(17)16(23)22-9-7-21(8-10-22)13-14-11-19-20(2)12-14/h11-12,15H,3-10,13,18H2,1-2H3. The Morgan fingerprint density at radius 1 is 1.35 bits per heavy atom. The first kappa shape index (κ1) is 16.5. The molecule has 0 spiro atoms. The molecular weight excluding hydrogens is 290 g/mol. The van der Waals surface area contributed by atoms with Crippen LogP contribution in [-0.4, -0.2) is 57.2 Å². The van der Waals surface area contributed by atoms with E-state index in [2.05, 4.69) is 16.2 Å². The van der Waals surface area contributed by atoms with Gasteiger partial charge in [0.15, 0.2) is 0 Å². The fraction of sp³-hybridized carbons (Fsp3) is 0.765. The molecule has 1 amide bonds. The number of nitrogens with two attached hydrogens (primary N) is 1. The summed E-state index contributed by atoms with van der Waals surface area (Å²) in [6.07, 6.45) is 8.16. The summed E-state index contributed by atoms with van der Waals surface area (Å²) >= 11 is 0. The van der Waals surface area contributed by atoms with Crippen molar-refractivity contribution in [3.63, 3.8) is 0 Å². The summed E-state index contributed by atoms with van der Waals surface area (Å²) < 4.78 is 1.83. The average Bonchev–Trinajstić information content (AvgIpc) is 2.92. The maximum Gasteiger partial charge on any atom is 0.227 e. The lowest BCUT2D eigenvalue weighted by Gasteiger charge is -2.42. The minimum absolute atomic E-state index is 0.00104. The normalized spacial score (nSPS) is 29.7. The Labute approximate surface area is 138 Å². The van der Waals surface area contributed by atoms with E-state index in [1.54, 1.807) is 0 Å². The summed E-state index contributed by atoms with van der Waals surface area (Å²) in [5.74, 6) is 0.275. The van der Waals surface area contributed by atoms with Crippen molar-refractivity contribution >= 4 is 5.91 Å². The second-order valence-corrected chi connectivity index (χ2v) is 7.43. The summed E-state index contributed by atoms with van der Waals surface area (Å²) in [5.41, 5.74) is 7.29. The van der Waals surface area contributed by atoms with Crippen LogP contribution in [0.1, 0.15) is 38.2 Å². The molecule has 2 aliphatic rings. The average molecular weight is 319 g/mol. The van der Waals surface area contributed by atoms with Gasteiger partial charge in [-0.05, 0) is 19.8 Å². The van der Waals surface area contributed by atoms with E-state index in [0.717, 1.165) is 58.4 Å². The quantitative estimate of drug-likeness (QED) is 0.901. The number of piperazine rings is 1. The van der Waals surface area contributed by atoms with Gasteiger partial charge in [0, 0.05) is 57.1 Å². The second kappa shape index (κ2) is 6.61. The number of hydrogen-bond acceptors (Lipinski definition) is 4. The van der Waals surface area contributed by atoms with Crippen LogP contribution in [0.5, 0.6) is 0 Å². The van der Waals surface area contributed by atoms with Crippen LogP contribution in [0, 0.1) is 5.92 Å². The summed E-state index contributed by atoms with van der Waals surface area (Å²) in [6.45, 7) is 6.43. The summed E-state index contributed by atoms with van der Waals surface area (Å²) in [5, 5.41) is 4.21. The topological polar surface area (TPSA) is 67.4 Å². The minimum Gasteiger partial charge on any atom is -0.340 e. The molecule has 1 aliphatic carbocycles. The van der Waals surface area contributed by atoms with Gasteiger partial charge in [-0.2, -0.15) is 5.10 Å². The van der Waals surface area contributed by atoms with Crippen molar-refractivity contribution in [1.29, 1.82) is 0 Å². The molecule has 3 rings (SSSR count). The fourth-order valence-corrected chi connectivity index (χ4v) is 3.92. The van der Waals surface area contributed by atoms with Crippen LogP contribution in [0.4, 0.5) is 0 Å². The lowest BCUT2D eigenvalue weighted by Crippen LogP contribution is -2.57. The Hall–Kier alpha value is -1.40. The van der Waals surface area contributed by atoms with E-state index < -0.39 is 0 Å². The van der Waals surface area contributed by atoms with E-state index in [1.807, 2.05) is 29.7 Å². The number of amides is 1. The first-order chi connectivity index (χ1) is 11.0. The predicted octanol–water partition coefficient (Wildman–Crippen LogP) is 0.972. The highest BCUT2D eigenvalue weighted by Crippen LogP contribution is 2.33. The minimum atomic E-state index is -0.331. The van der Waals surface area contributed by atoms with Crippen molar-refractivity contribution in [2.75, 3.05) is 26.2 Å². The van der Waals surface area contributed by atoms with Crippen molar-refractivity contribution in [3.05, 3.63) is 18.0 Å². The SMILES string of the molecule is Cn1cc(CN2CCN(C(=O)C3CCCCC3(C)N)CC2)cn1. The lowest BCUT2D eigenvalue weighted by molar-refractivity contribution is -0.140. The van der Waals surface area contributed by atoms with Gasteiger partial charge in [0.05, 0.1) is 12.1 Å². The maximum absolute atomic E-state index is 12.9. The van der Waals surface area contributed by atoms with E-state index in [0.29, 0.717) is 0 Å². The van der Waals surface area contributed by atoms with Crippen LogP contribution in [0.25, 0.3) is 0 Å². The number of carbonyl (C=O) groups is 1. The Bertz CT molecular complexity index is 545. The number of aromatic nitrogens is 2. The van der Waals surface area contributed by atoms with Gasteiger partial charge in [0.2, 0.25) is 5.91 Å². The zero-order chi connectivity index (χ0) is 16.4. The van der Waals surface area contributed by atoms with E-state index in [1.165, 1.54) is 5.56 Å². The maximum atomic E-state index is 12.9. The van der Waals surface area contributed by atoms with Gasteiger partial charge in [-0.25, -0.2) is 0 Å². The first-order valence-corrected chi connectivity index (χ1v) is 8.73. The molecule has 1 aromatic heterocycles. The summed E-state index contributed by atoms with van der Waals surface area (Å²) in [6, 6.07) is 0. The molecule has 1 aromatic rings. The number of nitrogens with zero attached hydrogens (tertiary/aromatic N) is 4. The molecule has 2 unspecified atom stereocenters. The number of hydrogen-bond donors (Lipinski definition) is 1. The molecule has 1 saturated carbocycles. The van der Waals surface area contributed by atoms with Gasteiger partial charge in [-0.15, -0.1) is 0 Å². The fourth-order valence-electron chi connectivity index (χ4n) is 3.92. The van der Waals surface area contributed by atoms with Gasteiger partial charge in [0.1, 0.15) is 0 Å². The Balaban J connectivity index is 1.53. The third-order valence-electron chi connectivity index (χ3n) is 5.40. The van der Waals surface area contributed by atoms with Crippen molar-refractivity contribution in [3.8, 4) is 0 Å². The van der Waals surface area contributed by atoms with Gasteiger partial charge in [-0.1, -0.05) is 12.8 Å². The highest BCUT2D eigenvalue weighted by Gasteiger charge is 2.40. The Kier molecular flexibility index (Phi) is 4.73. The third-order valence-corrected chi connectivity index (χ3v) is 5.40. The molecule has 2 fully saturated rings. The highest BCUT2D eigenvalue weighted by atomic mass is 16.2. The smallest absolute Gasteiger partial charge is 0.227 e. The van der Waals surface area contributed by atoms with E-state index in [9.17, 15) is 4.79 Å². The van der Waals surface area contributed by atoms with Crippen molar-refractivity contribution in [2.45, 2.75) is 44.7 Å². The predicted molar refractivity (Wildman–Crippen MR) is 89.6 cm³/mol. The molecule has 128 valence electrons. The van der Waals surface area contributed by atoms with E-state index in [4.69, 9.17) is 5.73 Å². The number of carbonyl (C=O) groups excluding carboxylic acids is 1. The van der Waals surface area contributed by atoms with Crippen LogP contribution in [-0.2, 0) is 18.4 Å².